The van der Waals surface area contributed by atoms with Crippen molar-refractivity contribution in [1.82, 2.24) is 5.32 Å². The van der Waals surface area contributed by atoms with E-state index in [1.54, 1.807) is 0 Å². The molecular weight excluding hydrogens is 169 g/mol. The molecule has 0 saturated heterocycles. The number of amides is 1. The fraction of sp³-hybridized carbons (Fsp3) is 0.857. The number of rotatable bonds is 3. The second kappa shape index (κ2) is 2.97. The Kier molecular flexibility index (Phi) is 2.37. The van der Waals surface area contributed by atoms with Crippen LogP contribution in [0.25, 0.3) is 0 Å². The fourth-order valence-electron chi connectivity index (χ4n) is 0.869. The number of hydrogen-bond donors (Lipinski definition) is 1. The summed E-state index contributed by atoms with van der Waals surface area (Å²) < 4.78 is 12.6. The molecule has 1 fully saturated rings. The smallest absolute Gasteiger partial charge is 0.227 e. The first-order chi connectivity index (χ1) is 5.08. The number of carbonyl (C=O) groups is 1. The Hall–Kier alpha value is -0.310. The number of hydrogen-bond acceptors (Lipinski definition) is 1. The highest BCUT2D eigenvalue weighted by molar-refractivity contribution is 6.27. The van der Waals surface area contributed by atoms with E-state index < -0.39 is 11.0 Å². The molecule has 64 valence electrons. The standard InChI is InChI=1S/C7H11ClFNO/c1-2-3-10-6(11)5-4-7(5,8)9/h5H,2-4H2,1H3,(H,10,11). The van der Waals surface area contributed by atoms with Crippen molar-refractivity contribution in [3.8, 4) is 0 Å². The van der Waals surface area contributed by atoms with E-state index in [4.69, 9.17) is 11.6 Å². The van der Waals surface area contributed by atoms with Crippen LogP contribution in [0, 0.1) is 5.92 Å². The first kappa shape index (κ1) is 8.78. The highest BCUT2D eigenvalue weighted by Gasteiger charge is 2.58. The van der Waals surface area contributed by atoms with Gasteiger partial charge in [0, 0.05) is 13.0 Å². The van der Waals surface area contributed by atoms with Crippen LogP contribution in [0.1, 0.15) is 19.8 Å². The quantitative estimate of drug-likeness (QED) is 0.653. The van der Waals surface area contributed by atoms with Crippen molar-refractivity contribution >= 4 is 17.5 Å². The van der Waals surface area contributed by atoms with Gasteiger partial charge in [-0.1, -0.05) is 18.5 Å². The van der Waals surface area contributed by atoms with Crippen molar-refractivity contribution in [3.63, 3.8) is 0 Å². The molecular formula is C7H11ClFNO. The van der Waals surface area contributed by atoms with E-state index >= 15 is 0 Å². The third-order valence-corrected chi connectivity index (χ3v) is 2.11. The zero-order valence-corrected chi connectivity index (χ0v) is 7.12. The first-order valence-corrected chi connectivity index (χ1v) is 4.11. The molecule has 2 unspecified atom stereocenters. The second-order valence-electron chi connectivity index (χ2n) is 2.81. The summed E-state index contributed by atoms with van der Waals surface area (Å²) in [6.07, 6.45) is 1.02. The molecule has 0 heterocycles. The summed E-state index contributed by atoms with van der Waals surface area (Å²) in [5.41, 5.74) is 0. The molecule has 0 aliphatic heterocycles. The molecule has 1 rings (SSSR count). The zero-order valence-electron chi connectivity index (χ0n) is 6.36. The number of halogens is 2. The molecule has 0 aromatic rings. The van der Waals surface area contributed by atoms with Gasteiger partial charge in [-0.2, -0.15) is 0 Å². The van der Waals surface area contributed by atoms with Gasteiger partial charge in [0.05, 0.1) is 5.92 Å². The van der Waals surface area contributed by atoms with Crippen LogP contribution in [-0.2, 0) is 4.79 Å². The molecule has 1 saturated carbocycles. The van der Waals surface area contributed by atoms with E-state index in [1.165, 1.54) is 0 Å². The number of nitrogens with one attached hydrogen (secondary N) is 1. The van der Waals surface area contributed by atoms with Crippen LogP contribution < -0.4 is 5.32 Å². The highest BCUT2D eigenvalue weighted by Crippen LogP contribution is 2.50. The van der Waals surface area contributed by atoms with Crippen LogP contribution in [0.4, 0.5) is 4.39 Å². The maximum Gasteiger partial charge on any atom is 0.227 e. The van der Waals surface area contributed by atoms with Crippen LogP contribution in [0.15, 0.2) is 0 Å². The fourth-order valence-corrected chi connectivity index (χ4v) is 1.12. The normalized spacial score (nSPS) is 35.0. The summed E-state index contributed by atoms with van der Waals surface area (Å²) in [6.45, 7) is 2.54. The Morgan fingerprint density at radius 1 is 1.91 bits per heavy atom. The molecule has 0 spiro atoms. The van der Waals surface area contributed by atoms with Gasteiger partial charge in [-0.25, -0.2) is 4.39 Å². The lowest BCUT2D eigenvalue weighted by molar-refractivity contribution is -0.122. The third-order valence-electron chi connectivity index (χ3n) is 1.69. The molecule has 11 heavy (non-hydrogen) atoms. The molecule has 0 bridgehead atoms. The molecule has 2 nitrogen and oxygen atoms in total. The van der Waals surface area contributed by atoms with Crippen LogP contribution in [0.3, 0.4) is 0 Å². The molecule has 1 aliphatic carbocycles. The molecule has 2 atom stereocenters. The lowest BCUT2D eigenvalue weighted by Gasteiger charge is -2.01. The highest BCUT2D eigenvalue weighted by atomic mass is 35.5. The van der Waals surface area contributed by atoms with Crippen LogP contribution >= 0.6 is 11.6 Å². The molecule has 1 amide bonds. The minimum Gasteiger partial charge on any atom is -0.356 e. The van der Waals surface area contributed by atoms with E-state index in [0.29, 0.717) is 6.54 Å². The summed E-state index contributed by atoms with van der Waals surface area (Å²) in [7, 11) is 0. The Morgan fingerprint density at radius 2 is 2.45 bits per heavy atom. The summed E-state index contributed by atoms with van der Waals surface area (Å²) in [6, 6.07) is 0. The van der Waals surface area contributed by atoms with Crippen LogP contribution in [-0.4, -0.2) is 17.6 Å². The van der Waals surface area contributed by atoms with Gasteiger partial charge in [0.1, 0.15) is 0 Å². The predicted octanol–water partition coefficient (Wildman–Crippen LogP) is 1.44. The van der Waals surface area contributed by atoms with E-state index in [2.05, 4.69) is 5.32 Å². The van der Waals surface area contributed by atoms with Crippen molar-refractivity contribution in [2.24, 2.45) is 5.92 Å². The summed E-state index contributed by atoms with van der Waals surface area (Å²) in [4.78, 5) is 10.9. The van der Waals surface area contributed by atoms with Crippen molar-refractivity contribution in [2.75, 3.05) is 6.54 Å². The zero-order chi connectivity index (χ0) is 8.48. The van der Waals surface area contributed by atoms with Gasteiger partial charge < -0.3 is 5.32 Å². The maximum atomic E-state index is 12.6. The van der Waals surface area contributed by atoms with Gasteiger partial charge >= 0.3 is 0 Å². The number of carbonyl (C=O) groups excluding carboxylic acids is 1. The van der Waals surface area contributed by atoms with Gasteiger partial charge in [-0.3, -0.25) is 4.79 Å². The van der Waals surface area contributed by atoms with E-state index in [-0.39, 0.29) is 12.3 Å². The Bertz CT molecular complexity index is 172. The Labute approximate surface area is 70.1 Å². The largest absolute Gasteiger partial charge is 0.356 e. The van der Waals surface area contributed by atoms with Gasteiger partial charge in [0.2, 0.25) is 5.91 Å². The Balaban J connectivity index is 2.23. The van der Waals surface area contributed by atoms with Crippen molar-refractivity contribution < 1.29 is 9.18 Å². The average molecular weight is 180 g/mol. The van der Waals surface area contributed by atoms with Crippen molar-refractivity contribution in [1.29, 1.82) is 0 Å². The first-order valence-electron chi connectivity index (χ1n) is 3.73. The molecule has 0 radical (unpaired) electrons. The van der Waals surface area contributed by atoms with Gasteiger partial charge in [-0.05, 0) is 6.42 Å². The van der Waals surface area contributed by atoms with E-state index in [9.17, 15) is 9.18 Å². The summed E-state index contributed by atoms with van der Waals surface area (Å²) in [5, 5.41) is 0.834. The van der Waals surface area contributed by atoms with Crippen LogP contribution in [0.2, 0.25) is 0 Å². The second-order valence-corrected chi connectivity index (χ2v) is 3.44. The molecule has 0 aromatic heterocycles. The van der Waals surface area contributed by atoms with E-state index in [0.717, 1.165) is 6.42 Å². The molecule has 1 aliphatic rings. The summed E-state index contributed by atoms with van der Waals surface area (Å²) in [5.74, 6) is -0.875. The van der Waals surface area contributed by atoms with Crippen molar-refractivity contribution in [2.45, 2.75) is 24.9 Å². The third kappa shape index (κ3) is 2.06. The lowest BCUT2D eigenvalue weighted by Crippen LogP contribution is -2.27. The molecule has 4 heteroatoms. The monoisotopic (exact) mass is 179 g/mol. The Morgan fingerprint density at radius 3 is 2.82 bits per heavy atom. The van der Waals surface area contributed by atoms with Crippen molar-refractivity contribution in [3.05, 3.63) is 0 Å². The SMILES string of the molecule is CCCNC(=O)C1CC1(F)Cl. The predicted molar refractivity (Wildman–Crippen MR) is 41.1 cm³/mol. The van der Waals surface area contributed by atoms with Gasteiger partial charge in [0.15, 0.2) is 5.13 Å². The lowest BCUT2D eigenvalue weighted by atomic mass is 10.4. The minimum atomic E-state index is -1.75. The molecule has 0 aromatic carbocycles. The van der Waals surface area contributed by atoms with E-state index in [1.807, 2.05) is 6.92 Å². The van der Waals surface area contributed by atoms with Crippen LogP contribution in [0.5, 0.6) is 0 Å². The van der Waals surface area contributed by atoms with Gasteiger partial charge in [0.25, 0.3) is 0 Å². The maximum absolute atomic E-state index is 12.6. The average Bonchev–Trinajstić information content (AvgIpc) is 2.55. The topological polar surface area (TPSA) is 29.1 Å². The minimum absolute atomic E-state index is 0.157. The summed E-state index contributed by atoms with van der Waals surface area (Å²) >= 11 is 5.25. The van der Waals surface area contributed by atoms with Gasteiger partial charge in [-0.15, -0.1) is 0 Å². The number of alkyl halides is 2. The molecule has 1 N–H and O–H groups in total.